The first kappa shape index (κ1) is 22.6. The second kappa shape index (κ2) is 9.23. The Morgan fingerprint density at radius 1 is 0.971 bits per heavy atom. The molecule has 2 aromatic carbocycles. The van der Waals surface area contributed by atoms with Gasteiger partial charge < -0.3 is 15.3 Å². The molecule has 2 unspecified atom stereocenters. The summed E-state index contributed by atoms with van der Waals surface area (Å²) in [5.74, 6) is 1.03. The van der Waals surface area contributed by atoms with Crippen LogP contribution in [0.15, 0.2) is 60.9 Å². The smallest absolute Gasteiger partial charge is 0.390 e. The Kier molecular flexibility index (Phi) is 6.14. The molecule has 2 atom stereocenters. The molecule has 0 bridgehead atoms. The van der Waals surface area contributed by atoms with Crippen molar-refractivity contribution in [1.29, 1.82) is 0 Å². The summed E-state index contributed by atoms with van der Waals surface area (Å²) < 4.78 is 39.0. The number of fused-ring (bicyclic) bond motifs is 1. The molecule has 5 rings (SSSR count). The first-order valence-electron chi connectivity index (χ1n) is 11.4. The van der Waals surface area contributed by atoms with Crippen LogP contribution in [-0.2, 0) is 19.1 Å². The van der Waals surface area contributed by atoms with Gasteiger partial charge in [0, 0.05) is 44.0 Å². The number of hydrogen-bond acceptors (Lipinski definition) is 6. The van der Waals surface area contributed by atoms with Crippen molar-refractivity contribution in [3.63, 3.8) is 0 Å². The first-order valence-corrected chi connectivity index (χ1v) is 11.4. The lowest BCUT2D eigenvalue weighted by atomic mass is 9.94. The number of anilines is 3. The topological polar surface area (TPSA) is 64.5 Å². The van der Waals surface area contributed by atoms with Crippen molar-refractivity contribution < 1.29 is 18.3 Å². The number of piperidine rings is 1. The van der Waals surface area contributed by atoms with Gasteiger partial charge >= 0.3 is 6.18 Å². The minimum atomic E-state index is -4.41. The molecular formula is C25H26F3N5O. The van der Waals surface area contributed by atoms with Gasteiger partial charge in [0.1, 0.15) is 18.0 Å². The highest BCUT2D eigenvalue weighted by atomic mass is 19.4. The number of benzene rings is 2. The molecule has 6 nitrogen and oxygen atoms in total. The van der Waals surface area contributed by atoms with Crippen LogP contribution in [0.2, 0.25) is 0 Å². The van der Waals surface area contributed by atoms with Gasteiger partial charge in [-0.15, -0.1) is 0 Å². The van der Waals surface area contributed by atoms with Crippen LogP contribution in [0.25, 0.3) is 0 Å². The van der Waals surface area contributed by atoms with Crippen LogP contribution < -0.4 is 10.2 Å². The summed E-state index contributed by atoms with van der Waals surface area (Å²) in [5, 5.41) is 13.9. The average molecular weight is 470 g/mol. The monoisotopic (exact) mass is 469 g/mol. The second-order valence-corrected chi connectivity index (χ2v) is 8.82. The maximum absolute atomic E-state index is 13.0. The van der Waals surface area contributed by atoms with Crippen LogP contribution in [0, 0.1) is 0 Å². The number of aromatic nitrogens is 2. The van der Waals surface area contributed by atoms with Crippen LogP contribution in [0.1, 0.15) is 23.1 Å². The van der Waals surface area contributed by atoms with E-state index in [1.54, 1.807) is 12.1 Å². The van der Waals surface area contributed by atoms with E-state index in [9.17, 15) is 18.3 Å². The largest absolute Gasteiger partial charge is 0.416 e. The quantitative estimate of drug-likeness (QED) is 0.596. The zero-order chi connectivity index (χ0) is 23.7. The summed E-state index contributed by atoms with van der Waals surface area (Å²) in [4.78, 5) is 12.8. The van der Waals surface area contributed by atoms with Crippen molar-refractivity contribution in [3.8, 4) is 0 Å². The molecule has 9 heteroatoms. The highest BCUT2D eigenvalue weighted by Crippen LogP contribution is 2.32. The fourth-order valence-electron chi connectivity index (χ4n) is 4.86. The number of halogens is 3. The Hall–Kier alpha value is -3.17. The molecule has 0 amide bonds. The number of rotatable bonds is 4. The molecule has 1 fully saturated rings. The van der Waals surface area contributed by atoms with Gasteiger partial charge in [0.05, 0.1) is 11.7 Å². The van der Waals surface area contributed by atoms with E-state index in [1.165, 1.54) is 23.5 Å². The van der Waals surface area contributed by atoms with E-state index in [0.29, 0.717) is 23.9 Å². The van der Waals surface area contributed by atoms with E-state index in [-0.39, 0.29) is 6.04 Å². The summed E-state index contributed by atoms with van der Waals surface area (Å²) >= 11 is 0. The van der Waals surface area contributed by atoms with E-state index >= 15 is 0 Å². The summed E-state index contributed by atoms with van der Waals surface area (Å²) in [7, 11) is 0. The predicted octanol–water partition coefficient (Wildman–Crippen LogP) is 4.24. The van der Waals surface area contributed by atoms with Crippen LogP contribution in [0.3, 0.4) is 0 Å². The second-order valence-electron chi connectivity index (χ2n) is 8.82. The standard InChI is InChI=1S/C25H26F3N5O/c26-25(27,28)19-6-3-7-20(12-19)31-23-13-24(30-16-29-23)33-11-9-21(22(34)15-33)32-10-8-17-4-1-2-5-18(17)14-32/h1-7,12-13,16,21-22,34H,8-11,14-15H2,(H,29,30,31). The third-order valence-corrected chi connectivity index (χ3v) is 6.61. The molecule has 2 aliphatic rings. The van der Waals surface area contributed by atoms with Crippen molar-refractivity contribution in [2.24, 2.45) is 0 Å². The molecule has 3 aromatic rings. The van der Waals surface area contributed by atoms with E-state index < -0.39 is 17.8 Å². The van der Waals surface area contributed by atoms with Crippen molar-refractivity contribution in [2.75, 3.05) is 29.9 Å². The van der Waals surface area contributed by atoms with E-state index in [2.05, 4.69) is 44.5 Å². The van der Waals surface area contributed by atoms with Gasteiger partial charge in [-0.2, -0.15) is 13.2 Å². The van der Waals surface area contributed by atoms with Gasteiger partial charge in [-0.25, -0.2) is 9.97 Å². The highest BCUT2D eigenvalue weighted by molar-refractivity contribution is 5.60. The third-order valence-electron chi connectivity index (χ3n) is 6.61. The Balaban J connectivity index is 1.24. The zero-order valence-electron chi connectivity index (χ0n) is 18.5. The lowest BCUT2D eigenvalue weighted by molar-refractivity contribution is -0.137. The fourth-order valence-corrected chi connectivity index (χ4v) is 4.86. The summed E-state index contributed by atoms with van der Waals surface area (Å²) in [6.07, 6.45) is -1.78. The molecule has 0 aliphatic carbocycles. The Labute approximate surface area is 196 Å². The number of nitrogens with zero attached hydrogens (tertiary/aromatic N) is 4. The van der Waals surface area contributed by atoms with Gasteiger partial charge in [-0.1, -0.05) is 30.3 Å². The molecule has 34 heavy (non-hydrogen) atoms. The molecule has 0 saturated carbocycles. The minimum absolute atomic E-state index is 0.0779. The van der Waals surface area contributed by atoms with Crippen LogP contribution in [-0.4, -0.2) is 51.8 Å². The number of aliphatic hydroxyl groups excluding tert-OH is 1. The summed E-state index contributed by atoms with van der Waals surface area (Å²) in [5.41, 5.74) is 2.28. The number of aliphatic hydroxyl groups is 1. The minimum Gasteiger partial charge on any atom is -0.390 e. The lowest BCUT2D eigenvalue weighted by Crippen LogP contribution is -2.55. The van der Waals surface area contributed by atoms with E-state index in [0.717, 1.165) is 44.6 Å². The first-order chi connectivity index (χ1) is 16.4. The molecule has 2 aliphatic heterocycles. The van der Waals surface area contributed by atoms with Crippen molar-refractivity contribution in [2.45, 2.75) is 37.7 Å². The molecule has 3 heterocycles. The Morgan fingerprint density at radius 3 is 2.59 bits per heavy atom. The highest BCUT2D eigenvalue weighted by Gasteiger charge is 2.34. The van der Waals surface area contributed by atoms with E-state index in [1.807, 2.05) is 4.90 Å². The normalized spacial score (nSPS) is 21.2. The number of β-amino-alcohol motifs (C(OH)–C–C–N with tert-alkyl or cyclic N) is 1. The predicted molar refractivity (Wildman–Crippen MR) is 124 cm³/mol. The SMILES string of the molecule is OC1CN(c2cc(Nc3cccc(C(F)(F)F)c3)ncn2)CCC1N1CCc2ccccc2C1. The number of nitrogens with one attached hydrogen (secondary N) is 1. The van der Waals surface area contributed by atoms with Gasteiger partial charge in [0.15, 0.2) is 0 Å². The maximum Gasteiger partial charge on any atom is 0.416 e. The molecule has 1 aromatic heterocycles. The summed E-state index contributed by atoms with van der Waals surface area (Å²) in [6.45, 7) is 2.93. The van der Waals surface area contributed by atoms with Crippen molar-refractivity contribution in [1.82, 2.24) is 14.9 Å². The molecule has 1 saturated heterocycles. The Morgan fingerprint density at radius 2 is 1.79 bits per heavy atom. The molecular weight excluding hydrogens is 443 g/mol. The van der Waals surface area contributed by atoms with Crippen molar-refractivity contribution in [3.05, 3.63) is 77.6 Å². The van der Waals surface area contributed by atoms with Crippen LogP contribution >= 0.6 is 0 Å². The van der Waals surface area contributed by atoms with E-state index in [4.69, 9.17) is 0 Å². The Bertz CT molecular complexity index is 1160. The van der Waals surface area contributed by atoms with Gasteiger partial charge in [-0.05, 0) is 42.2 Å². The van der Waals surface area contributed by atoms with Gasteiger partial charge in [-0.3, -0.25) is 4.90 Å². The molecule has 178 valence electrons. The average Bonchev–Trinajstić information content (AvgIpc) is 2.83. The fraction of sp³-hybridized carbons (Fsp3) is 0.360. The van der Waals surface area contributed by atoms with Gasteiger partial charge in [0.25, 0.3) is 0 Å². The number of alkyl halides is 3. The van der Waals surface area contributed by atoms with Crippen LogP contribution in [0.4, 0.5) is 30.5 Å². The lowest BCUT2D eigenvalue weighted by Gasteiger charge is -2.43. The summed E-state index contributed by atoms with van der Waals surface area (Å²) in [6, 6.07) is 15.2. The molecule has 2 N–H and O–H groups in total. The van der Waals surface area contributed by atoms with Gasteiger partial charge in [0.2, 0.25) is 0 Å². The molecule has 0 radical (unpaired) electrons. The third kappa shape index (κ3) is 4.85. The van der Waals surface area contributed by atoms with Crippen molar-refractivity contribution >= 4 is 17.3 Å². The molecule has 0 spiro atoms. The maximum atomic E-state index is 13.0. The van der Waals surface area contributed by atoms with Crippen LogP contribution in [0.5, 0.6) is 0 Å². The number of hydrogen-bond donors (Lipinski definition) is 2. The zero-order valence-corrected chi connectivity index (χ0v) is 18.5.